The summed E-state index contributed by atoms with van der Waals surface area (Å²) in [5, 5.41) is 0.211. The van der Waals surface area contributed by atoms with E-state index in [0.717, 1.165) is 0 Å². The normalized spacial score (nSPS) is 18.0. The number of benzene rings is 1. The van der Waals surface area contributed by atoms with E-state index in [0.29, 0.717) is 13.1 Å². The highest BCUT2D eigenvalue weighted by Crippen LogP contribution is 2.31. The maximum absolute atomic E-state index is 12.7. The van der Waals surface area contributed by atoms with Gasteiger partial charge in [-0.2, -0.15) is 4.31 Å². The third-order valence-electron chi connectivity index (χ3n) is 3.86. The van der Waals surface area contributed by atoms with Crippen molar-refractivity contribution in [3.8, 4) is 0 Å². The maximum Gasteiger partial charge on any atom is 0.244 e. The average molecular weight is 380 g/mol. The number of halogens is 2. The van der Waals surface area contributed by atoms with Crippen molar-refractivity contribution >= 4 is 39.1 Å². The second-order valence-electron chi connectivity index (χ2n) is 5.42. The van der Waals surface area contributed by atoms with Crippen molar-refractivity contribution in [2.24, 2.45) is 11.7 Å². The lowest BCUT2D eigenvalue weighted by Gasteiger charge is -2.35. The summed E-state index contributed by atoms with van der Waals surface area (Å²) in [6.45, 7) is 3.14. The van der Waals surface area contributed by atoms with Gasteiger partial charge in [-0.05, 0) is 12.1 Å². The number of hydrogen-bond acceptors (Lipinski definition) is 4. The van der Waals surface area contributed by atoms with Gasteiger partial charge in [0, 0.05) is 38.6 Å². The molecule has 0 radical (unpaired) electrons. The first-order chi connectivity index (χ1) is 10.8. The number of carbonyl (C=O) groups is 1. The molecule has 9 heteroatoms. The molecule has 23 heavy (non-hydrogen) atoms. The minimum Gasteiger partial charge on any atom is -0.340 e. The molecule has 1 aliphatic rings. The monoisotopic (exact) mass is 379 g/mol. The van der Waals surface area contributed by atoms with Gasteiger partial charge in [-0.25, -0.2) is 8.42 Å². The van der Waals surface area contributed by atoms with Crippen molar-refractivity contribution in [2.45, 2.75) is 11.8 Å². The van der Waals surface area contributed by atoms with Crippen molar-refractivity contribution in [3.05, 3.63) is 28.2 Å². The van der Waals surface area contributed by atoms with Crippen LogP contribution in [0.2, 0.25) is 10.0 Å². The van der Waals surface area contributed by atoms with E-state index in [4.69, 9.17) is 28.9 Å². The van der Waals surface area contributed by atoms with Crippen LogP contribution in [0, 0.1) is 5.92 Å². The topological polar surface area (TPSA) is 83.7 Å². The smallest absolute Gasteiger partial charge is 0.244 e. The van der Waals surface area contributed by atoms with Gasteiger partial charge in [0.2, 0.25) is 15.9 Å². The third-order valence-corrected chi connectivity index (χ3v) is 6.73. The Morgan fingerprint density at radius 2 is 1.87 bits per heavy atom. The third kappa shape index (κ3) is 3.80. The van der Waals surface area contributed by atoms with Gasteiger partial charge in [0.25, 0.3) is 0 Å². The summed E-state index contributed by atoms with van der Waals surface area (Å²) in [6.07, 6.45) is 0. The summed E-state index contributed by atoms with van der Waals surface area (Å²) >= 11 is 11.9. The van der Waals surface area contributed by atoms with Gasteiger partial charge in [0.15, 0.2) is 0 Å². The van der Waals surface area contributed by atoms with E-state index in [1.54, 1.807) is 17.9 Å². The van der Waals surface area contributed by atoms with Gasteiger partial charge in [0.1, 0.15) is 4.90 Å². The Bertz CT molecular complexity index is 689. The van der Waals surface area contributed by atoms with Gasteiger partial charge in [0.05, 0.1) is 10.0 Å². The second-order valence-corrected chi connectivity index (χ2v) is 8.11. The molecule has 1 aliphatic heterocycles. The highest BCUT2D eigenvalue weighted by atomic mass is 35.5. The fourth-order valence-corrected chi connectivity index (χ4v) is 4.54. The fourth-order valence-electron chi connectivity index (χ4n) is 2.38. The quantitative estimate of drug-likeness (QED) is 0.857. The zero-order chi connectivity index (χ0) is 17.2. The standard InChI is InChI=1S/C14H19Cl2N3O3S/c1-10(9-17)14(20)18-5-7-19(8-6-18)23(21,22)12-4-2-3-11(15)13(12)16/h2-4,10H,5-9,17H2,1H3. The van der Waals surface area contributed by atoms with Crippen molar-refractivity contribution in [1.82, 2.24) is 9.21 Å². The predicted molar refractivity (Wildman–Crippen MR) is 90.0 cm³/mol. The Morgan fingerprint density at radius 1 is 1.26 bits per heavy atom. The molecular weight excluding hydrogens is 361 g/mol. The SMILES string of the molecule is CC(CN)C(=O)N1CCN(S(=O)(=O)c2cccc(Cl)c2Cl)CC1. The molecule has 128 valence electrons. The number of hydrogen-bond donors (Lipinski definition) is 1. The number of nitrogens with two attached hydrogens (primary N) is 1. The van der Waals surface area contributed by atoms with Crippen LogP contribution in [0.5, 0.6) is 0 Å². The fraction of sp³-hybridized carbons (Fsp3) is 0.500. The zero-order valence-corrected chi connectivity index (χ0v) is 15.0. The number of piperazine rings is 1. The summed E-state index contributed by atoms with van der Waals surface area (Å²) in [4.78, 5) is 13.7. The van der Waals surface area contributed by atoms with Crippen LogP contribution in [0.25, 0.3) is 0 Å². The Balaban J connectivity index is 2.13. The lowest BCUT2D eigenvalue weighted by molar-refractivity contribution is -0.135. The Kier molecular flexibility index (Phi) is 5.91. The molecule has 0 spiro atoms. The van der Waals surface area contributed by atoms with E-state index in [1.807, 2.05) is 0 Å². The van der Waals surface area contributed by atoms with Crippen molar-refractivity contribution in [2.75, 3.05) is 32.7 Å². The number of sulfonamides is 1. The average Bonchev–Trinajstić information content (AvgIpc) is 2.55. The minimum atomic E-state index is -3.74. The molecule has 0 bridgehead atoms. The van der Waals surface area contributed by atoms with Gasteiger partial charge in [-0.3, -0.25) is 4.79 Å². The largest absolute Gasteiger partial charge is 0.340 e. The van der Waals surface area contributed by atoms with Crippen LogP contribution in [-0.2, 0) is 14.8 Å². The molecule has 1 aromatic carbocycles. The molecule has 6 nitrogen and oxygen atoms in total. The van der Waals surface area contributed by atoms with E-state index in [1.165, 1.54) is 16.4 Å². The van der Waals surface area contributed by atoms with Crippen molar-refractivity contribution in [1.29, 1.82) is 0 Å². The first-order valence-electron chi connectivity index (χ1n) is 7.22. The number of nitrogens with zero attached hydrogens (tertiary/aromatic N) is 2. The van der Waals surface area contributed by atoms with E-state index in [2.05, 4.69) is 0 Å². The van der Waals surface area contributed by atoms with Crippen LogP contribution in [0.4, 0.5) is 0 Å². The van der Waals surface area contributed by atoms with Crippen LogP contribution >= 0.6 is 23.2 Å². The number of carbonyl (C=O) groups excluding carboxylic acids is 1. The van der Waals surface area contributed by atoms with E-state index < -0.39 is 10.0 Å². The molecular formula is C14H19Cl2N3O3S. The molecule has 1 atom stereocenters. The van der Waals surface area contributed by atoms with E-state index in [9.17, 15) is 13.2 Å². The highest BCUT2D eigenvalue weighted by molar-refractivity contribution is 7.89. The Labute approximate surface area is 146 Å². The van der Waals surface area contributed by atoms with Crippen LogP contribution in [0.15, 0.2) is 23.1 Å². The molecule has 1 amide bonds. The van der Waals surface area contributed by atoms with Crippen LogP contribution < -0.4 is 5.73 Å². The predicted octanol–water partition coefficient (Wildman–Crippen LogP) is 1.42. The molecule has 0 aromatic heterocycles. The lowest BCUT2D eigenvalue weighted by Crippen LogP contribution is -2.52. The Morgan fingerprint density at radius 3 is 2.43 bits per heavy atom. The Hall–Kier alpha value is -0.860. The van der Waals surface area contributed by atoms with Crippen LogP contribution in [0.3, 0.4) is 0 Å². The molecule has 1 unspecified atom stereocenters. The summed E-state index contributed by atoms with van der Waals surface area (Å²) in [7, 11) is -3.74. The van der Waals surface area contributed by atoms with Gasteiger partial charge < -0.3 is 10.6 Å². The van der Waals surface area contributed by atoms with Crippen molar-refractivity contribution < 1.29 is 13.2 Å². The molecule has 2 N–H and O–H groups in total. The molecule has 1 saturated heterocycles. The maximum atomic E-state index is 12.7. The first-order valence-corrected chi connectivity index (χ1v) is 9.41. The molecule has 1 heterocycles. The van der Waals surface area contributed by atoms with Crippen LogP contribution in [0.1, 0.15) is 6.92 Å². The van der Waals surface area contributed by atoms with Crippen LogP contribution in [-0.4, -0.2) is 56.3 Å². The molecule has 2 rings (SSSR count). The van der Waals surface area contributed by atoms with E-state index in [-0.39, 0.29) is 46.4 Å². The summed E-state index contributed by atoms with van der Waals surface area (Å²) in [5.74, 6) is -0.314. The minimum absolute atomic E-state index is 0.0123. The number of rotatable bonds is 4. The van der Waals surface area contributed by atoms with E-state index >= 15 is 0 Å². The molecule has 1 aromatic rings. The van der Waals surface area contributed by atoms with Crippen molar-refractivity contribution in [3.63, 3.8) is 0 Å². The zero-order valence-electron chi connectivity index (χ0n) is 12.7. The lowest BCUT2D eigenvalue weighted by atomic mass is 10.1. The van der Waals surface area contributed by atoms with Gasteiger partial charge in [-0.1, -0.05) is 36.2 Å². The highest BCUT2D eigenvalue weighted by Gasteiger charge is 2.32. The second kappa shape index (κ2) is 7.36. The van der Waals surface area contributed by atoms with Gasteiger partial charge in [-0.15, -0.1) is 0 Å². The molecule has 1 fully saturated rings. The summed E-state index contributed by atoms with van der Waals surface area (Å²) < 4.78 is 26.7. The first kappa shape index (κ1) is 18.5. The molecule has 0 saturated carbocycles. The summed E-state index contributed by atoms with van der Waals surface area (Å²) in [6, 6.07) is 4.51. The van der Waals surface area contributed by atoms with Gasteiger partial charge >= 0.3 is 0 Å². The summed E-state index contributed by atoms with van der Waals surface area (Å²) in [5.41, 5.74) is 5.50. The number of amides is 1. The molecule has 0 aliphatic carbocycles.